The first-order valence-corrected chi connectivity index (χ1v) is 10.8. The number of aliphatic imine (C=N–C) groups is 1. The van der Waals surface area contributed by atoms with Gasteiger partial charge in [-0.25, -0.2) is 4.99 Å². The maximum absolute atomic E-state index is 9.96. The van der Waals surface area contributed by atoms with Crippen molar-refractivity contribution in [2.24, 2.45) is 4.99 Å². The number of ether oxygens (including phenoxy) is 1. The van der Waals surface area contributed by atoms with Crippen LogP contribution in [0, 0.1) is 0 Å². The van der Waals surface area contributed by atoms with Crippen LogP contribution in [0.3, 0.4) is 0 Å². The van der Waals surface area contributed by atoms with Gasteiger partial charge < -0.3 is 20.5 Å². The van der Waals surface area contributed by atoms with Crippen molar-refractivity contribution < 1.29 is 9.84 Å². The van der Waals surface area contributed by atoms with Crippen LogP contribution in [0.2, 0.25) is 0 Å². The fraction of sp³-hybridized carbons (Fsp3) is 0.458. The van der Waals surface area contributed by atoms with E-state index in [0.29, 0.717) is 24.4 Å². The van der Waals surface area contributed by atoms with Crippen molar-refractivity contribution in [3.05, 3.63) is 59.7 Å². The Morgan fingerprint density at radius 2 is 1.93 bits per heavy atom. The van der Waals surface area contributed by atoms with Crippen LogP contribution in [0.5, 0.6) is 11.5 Å². The second-order valence-electron chi connectivity index (χ2n) is 7.74. The van der Waals surface area contributed by atoms with Gasteiger partial charge in [0.2, 0.25) is 0 Å². The van der Waals surface area contributed by atoms with Crippen LogP contribution in [0.25, 0.3) is 0 Å². The van der Waals surface area contributed by atoms with Crippen molar-refractivity contribution in [2.45, 2.75) is 45.3 Å². The van der Waals surface area contributed by atoms with E-state index < -0.39 is 0 Å². The predicted octanol–water partition coefficient (Wildman–Crippen LogP) is 3.68. The topological polar surface area (TPSA) is 69.1 Å². The standard InChI is InChI=1S/C24H34N4O2/c1-4-25-24(26-17-19-10-11-23(30-3)22(29)16-19)27-21-12-14-28(15-13-21)18(2)20-8-6-5-7-9-20/h5-11,16,18,21,29H,4,12-15,17H2,1-3H3,(H2,25,26,27). The van der Waals surface area contributed by atoms with Crippen LogP contribution in [0.1, 0.15) is 43.9 Å². The number of methoxy groups -OCH3 is 1. The summed E-state index contributed by atoms with van der Waals surface area (Å²) >= 11 is 0. The highest BCUT2D eigenvalue weighted by atomic mass is 16.5. The molecule has 1 aliphatic rings. The maximum atomic E-state index is 9.96. The third-order valence-electron chi connectivity index (χ3n) is 5.71. The average Bonchev–Trinajstić information content (AvgIpc) is 2.78. The summed E-state index contributed by atoms with van der Waals surface area (Å²) in [5, 5.41) is 16.9. The van der Waals surface area contributed by atoms with Gasteiger partial charge in [0.25, 0.3) is 0 Å². The Bertz CT molecular complexity index is 817. The Morgan fingerprint density at radius 1 is 1.20 bits per heavy atom. The number of likely N-dealkylation sites (tertiary alicyclic amines) is 1. The Morgan fingerprint density at radius 3 is 2.57 bits per heavy atom. The summed E-state index contributed by atoms with van der Waals surface area (Å²) in [6.45, 7) is 7.80. The monoisotopic (exact) mass is 410 g/mol. The third kappa shape index (κ3) is 5.89. The van der Waals surface area contributed by atoms with Crippen molar-refractivity contribution in [3.63, 3.8) is 0 Å². The van der Waals surface area contributed by atoms with Gasteiger partial charge in [-0.3, -0.25) is 4.90 Å². The van der Waals surface area contributed by atoms with Crippen LogP contribution in [-0.2, 0) is 6.54 Å². The fourth-order valence-corrected chi connectivity index (χ4v) is 3.89. The van der Waals surface area contributed by atoms with Crippen molar-refractivity contribution in [2.75, 3.05) is 26.7 Å². The van der Waals surface area contributed by atoms with Crippen molar-refractivity contribution in [3.8, 4) is 11.5 Å². The van der Waals surface area contributed by atoms with Gasteiger partial charge in [-0.05, 0) is 49.9 Å². The van der Waals surface area contributed by atoms with E-state index in [2.05, 4.69) is 59.7 Å². The number of benzene rings is 2. The zero-order chi connectivity index (χ0) is 21.3. The second-order valence-corrected chi connectivity index (χ2v) is 7.74. The maximum Gasteiger partial charge on any atom is 0.191 e. The first-order chi connectivity index (χ1) is 14.6. The summed E-state index contributed by atoms with van der Waals surface area (Å²) in [4.78, 5) is 7.26. The summed E-state index contributed by atoms with van der Waals surface area (Å²) in [5.74, 6) is 1.44. The van der Waals surface area contributed by atoms with E-state index in [9.17, 15) is 5.11 Å². The number of guanidine groups is 1. The Kier molecular flexibility index (Phi) is 7.97. The summed E-state index contributed by atoms with van der Waals surface area (Å²) in [5.41, 5.74) is 2.32. The Labute approximate surface area is 180 Å². The molecule has 1 aliphatic heterocycles. The van der Waals surface area contributed by atoms with Crippen molar-refractivity contribution in [1.29, 1.82) is 0 Å². The van der Waals surface area contributed by atoms with Gasteiger partial charge in [0.1, 0.15) is 0 Å². The van der Waals surface area contributed by atoms with E-state index in [4.69, 9.17) is 9.73 Å². The zero-order valence-electron chi connectivity index (χ0n) is 18.3. The minimum Gasteiger partial charge on any atom is -0.504 e. The van der Waals surface area contributed by atoms with Crippen LogP contribution < -0.4 is 15.4 Å². The molecule has 0 radical (unpaired) electrons. The summed E-state index contributed by atoms with van der Waals surface area (Å²) in [7, 11) is 1.55. The first-order valence-electron chi connectivity index (χ1n) is 10.8. The Balaban J connectivity index is 1.54. The van der Waals surface area contributed by atoms with Crippen LogP contribution >= 0.6 is 0 Å². The lowest BCUT2D eigenvalue weighted by Crippen LogP contribution is -2.49. The van der Waals surface area contributed by atoms with Crippen molar-refractivity contribution >= 4 is 5.96 Å². The molecule has 0 spiro atoms. The quantitative estimate of drug-likeness (QED) is 0.480. The predicted molar refractivity (Wildman–Crippen MR) is 122 cm³/mol. The molecule has 2 aromatic rings. The summed E-state index contributed by atoms with van der Waals surface area (Å²) in [6, 6.07) is 17.0. The molecule has 3 rings (SSSR count). The zero-order valence-corrected chi connectivity index (χ0v) is 18.3. The molecule has 30 heavy (non-hydrogen) atoms. The van der Waals surface area contributed by atoms with Crippen LogP contribution in [-0.4, -0.2) is 48.8 Å². The van der Waals surface area contributed by atoms with Gasteiger partial charge in [0.05, 0.1) is 13.7 Å². The molecule has 162 valence electrons. The number of nitrogens with zero attached hydrogens (tertiary/aromatic N) is 2. The molecular formula is C24H34N4O2. The molecule has 1 atom stereocenters. The molecule has 1 fully saturated rings. The van der Waals surface area contributed by atoms with Gasteiger partial charge in [-0.15, -0.1) is 0 Å². The molecule has 0 bridgehead atoms. The van der Waals surface area contributed by atoms with E-state index in [-0.39, 0.29) is 5.75 Å². The largest absolute Gasteiger partial charge is 0.504 e. The molecule has 1 unspecified atom stereocenters. The Hall–Kier alpha value is -2.73. The minimum absolute atomic E-state index is 0.142. The molecule has 0 amide bonds. The molecule has 0 aliphatic carbocycles. The molecule has 6 nitrogen and oxygen atoms in total. The number of piperidine rings is 1. The van der Waals surface area contributed by atoms with E-state index in [1.807, 2.05) is 6.07 Å². The molecule has 0 saturated carbocycles. The molecule has 3 N–H and O–H groups in total. The highest BCUT2D eigenvalue weighted by Gasteiger charge is 2.24. The third-order valence-corrected chi connectivity index (χ3v) is 5.71. The number of phenols is 1. The lowest BCUT2D eigenvalue weighted by molar-refractivity contribution is 0.158. The second kappa shape index (κ2) is 10.9. The minimum atomic E-state index is 0.142. The normalized spacial score (nSPS) is 16.8. The average molecular weight is 411 g/mol. The SMILES string of the molecule is CCNC(=NCc1ccc(OC)c(O)c1)NC1CCN(C(C)c2ccccc2)CC1. The van der Waals surface area contributed by atoms with Gasteiger partial charge in [0, 0.05) is 31.7 Å². The van der Waals surface area contributed by atoms with Gasteiger partial charge in [0.15, 0.2) is 17.5 Å². The van der Waals surface area contributed by atoms with Gasteiger partial charge >= 0.3 is 0 Å². The van der Waals surface area contributed by atoms with Gasteiger partial charge in [-0.1, -0.05) is 36.4 Å². The van der Waals surface area contributed by atoms with E-state index >= 15 is 0 Å². The number of phenolic OH excluding ortho intramolecular Hbond substituents is 1. The first kappa shape index (κ1) is 22.0. The van der Waals surface area contributed by atoms with E-state index in [1.165, 1.54) is 5.56 Å². The fourth-order valence-electron chi connectivity index (χ4n) is 3.89. The van der Waals surface area contributed by atoms with E-state index in [0.717, 1.165) is 44.0 Å². The smallest absolute Gasteiger partial charge is 0.191 e. The highest BCUT2D eigenvalue weighted by molar-refractivity contribution is 5.80. The molecule has 6 heteroatoms. The van der Waals surface area contributed by atoms with Crippen LogP contribution in [0.15, 0.2) is 53.5 Å². The van der Waals surface area contributed by atoms with Crippen LogP contribution in [0.4, 0.5) is 0 Å². The highest BCUT2D eigenvalue weighted by Crippen LogP contribution is 2.26. The summed E-state index contributed by atoms with van der Waals surface area (Å²) in [6.07, 6.45) is 2.18. The molecular weight excluding hydrogens is 376 g/mol. The molecule has 2 aromatic carbocycles. The van der Waals surface area contributed by atoms with Crippen molar-refractivity contribution in [1.82, 2.24) is 15.5 Å². The number of rotatable bonds is 7. The lowest BCUT2D eigenvalue weighted by atomic mass is 10.0. The number of hydrogen-bond acceptors (Lipinski definition) is 4. The number of hydrogen-bond donors (Lipinski definition) is 3. The summed E-state index contributed by atoms with van der Waals surface area (Å²) < 4.78 is 5.10. The number of aromatic hydroxyl groups is 1. The molecule has 1 heterocycles. The van der Waals surface area contributed by atoms with E-state index in [1.54, 1.807) is 19.2 Å². The van der Waals surface area contributed by atoms with Gasteiger partial charge in [-0.2, -0.15) is 0 Å². The lowest BCUT2D eigenvalue weighted by Gasteiger charge is -2.37. The molecule has 1 saturated heterocycles. The number of nitrogens with one attached hydrogen (secondary N) is 2. The molecule has 0 aromatic heterocycles.